The van der Waals surface area contributed by atoms with E-state index in [1.54, 1.807) is 12.5 Å². The van der Waals surface area contributed by atoms with Crippen LogP contribution in [0.2, 0.25) is 0 Å². The molecule has 2 aliphatic rings. The Morgan fingerprint density at radius 2 is 2.22 bits per heavy atom. The third-order valence-electron chi connectivity index (χ3n) is 5.08. The predicted molar refractivity (Wildman–Crippen MR) is 104 cm³/mol. The lowest BCUT2D eigenvalue weighted by Crippen LogP contribution is -2.34. The van der Waals surface area contributed by atoms with Crippen LogP contribution in [0, 0.1) is 5.92 Å². The van der Waals surface area contributed by atoms with Gasteiger partial charge >= 0.3 is 0 Å². The molecule has 27 heavy (non-hydrogen) atoms. The fourth-order valence-corrected chi connectivity index (χ4v) is 3.61. The quantitative estimate of drug-likeness (QED) is 0.839. The molecule has 144 valence electrons. The SMILES string of the molecule is CC1CCCN(c2cc(NCc3ccnc(OC4CCOC4)c3)ncn2)C1. The minimum Gasteiger partial charge on any atom is -0.472 e. The highest BCUT2D eigenvalue weighted by Gasteiger charge is 2.19. The highest BCUT2D eigenvalue weighted by atomic mass is 16.5. The molecule has 0 saturated carbocycles. The largest absolute Gasteiger partial charge is 0.472 e. The number of hydrogen-bond acceptors (Lipinski definition) is 7. The first kappa shape index (κ1) is 18.0. The number of nitrogens with zero attached hydrogens (tertiary/aromatic N) is 4. The van der Waals surface area contributed by atoms with Gasteiger partial charge in [-0.3, -0.25) is 0 Å². The molecule has 2 atom stereocenters. The van der Waals surface area contributed by atoms with Crippen LogP contribution in [0.4, 0.5) is 11.6 Å². The summed E-state index contributed by atoms with van der Waals surface area (Å²) in [5.74, 6) is 3.20. The Hall–Kier alpha value is -2.41. The summed E-state index contributed by atoms with van der Waals surface area (Å²) < 4.78 is 11.2. The second kappa shape index (κ2) is 8.52. The normalized spacial score (nSPS) is 22.6. The maximum absolute atomic E-state index is 5.88. The van der Waals surface area contributed by atoms with E-state index in [0.29, 0.717) is 24.9 Å². The van der Waals surface area contributed by atoms with Crippen molar-refractivity contribution < 1.29 is 9.47 Å². The minimum absolute atomic E-state index is 0.108. The zero-order valence-corrected chi connectivity index (χ0v) is 15.8. The Kier molecular flexibility index (Phi) is 5.67. The highest BCUT2D eigenvalue weighted by molar-refractivity contribution is 5.49. The van der Waals surface area contributed by atoms with Gasteiger partial charge in [0.1, 0.15) is 24.1 Å². The summed E-state index contributed by atoms with van der Waals surface area (Å²) in [6.45, 7) is 6.49. The number of nitrogens with one attached hydrogen (secondary N) is 1. The van der Waals surface area contributed by atoms with Crippen LogP contribution >= 0.6 is 0 Å². The summed E-state index contributed by atoms with van der Waals surface area (Å²) in [7, 11) is 0. The van der Waals surface area contributed by atoms with E-state index in [4.69, 9.17) is 9.47 Å². The molecule has 0 aromatic carbocycles. The molecule has 0 spiro atoms. The molecule has 2 aromatic heterocycles. The zero-order chi connectivity index (χ0) is 18.5. The molecule has 7 heteroatoms. The van der Waals surface area contributed by atoms with E-state index in [1.807, 2.05) is 18.2 Å². The molecular formula is C20H27N5O2. The van der Waals surface area contributed by atoms with Gasteiger partial charge in [0.15, 0.2) is 0 Å². The van der Waals surface area contributed by atoms with Crippen molar-refractivity contribution in [3.05, 3.63) is 36.3 Å². The van der Waals surface area contributed by atoms with E-state index in [1.165, 1.54) is 12.8 Å². The molecule has 1 N–H and O–H groups in total. The lowest BCUT2D eigenvalue weighted by atomic mass is 10.0. The van der Waals surface area contributed by atoms with Crippen molar-refractivity contribution >= 4 is 11.6 Å². The number of ether oxygens (including phenoxy) is 2. The van der Waals surface area contributed by atoms with Crippen LogP contribution in [0.1, 0.15) is 31.7 Å². The molecule has 0 bridgehead atoms. The Morgan fingerprint density at radius 3 is 3.07 bits per heavy atom. The van der Waals surface area contributed by atoms with Crippen molar-refractivity contribution in [3.8, 4) is 5.88 Å². The van der Waals surface area contributed by atoms with Crippen molar-refractivity contribution in [2.24, 2.45) is 5.92 Å². The lowest BCUT2D eigenvalue weighted by Gasteiger charge is -2.31. The first-order valence-corrected chi connectivity index (χ1v) is 9.76. The van der Waals surface area contributed by atoms with Gasteiger partial charge in [0.25, 0.3) is 0 Å². The fourth-order valence-electron chi connectivity index (χ4n) is 3.61. The van der Waals surface area contributed by atoms with Gasteiger partial charge in [0.05, 0.1) is 13.2 Å². The molecule has 7 nitrogen and oxygen atoms in total. The molecule has 4 rings (SSSR count). The second-order valence-electron chi connectivity index (χ2n) is 7.41. The fraction of sp³-hybridized carbons (Fsp3) is 0.550. The van der Waals surface area contributed by atoms with E-state index < -0.39 is 0 Å². The molecule has 2 aromatic rings. The lowest BCUT2D eigenvalue weighted by molar-refractivity contribution is 0.138. The van der Waals surface area contributed by atoms with Crippen molar-refractivity contribution in [3.63, 3.8) is 0 Å². The van der Waals surface area contributed by atoms with Crippen molar-refractivity contribution in [2.45, 2.75) is 38.8 Å². The predicted octanol–water partition coefficient (Wildman–Crippen LogP) is 2.89. The van der Waals surface area contributed by atoms with Gasteiger partial charge in [0.2, 0.25) is 5.88 Å². The Labute approximate surface area is 160 Å². The monoisotopic (exact) mass is 369 g/mol. The minimum atomic E-state index is 0.108. The molecule has 0 amide bonds. The number of piperidine rings is 1. The van der Waals surface area contributed by atoms with Crippen LogP contribution < -0.4 is 15.0 Å². The summed E-state index contributed by atoms with van der Waals surface area (Å²) >= 11 is 0. The van der Waals surface area contributed by atoms with Crippen LogP contribution in [0.25, 0.3) is 0 Å². The molecule has 2 saturated heterocycles. The number of aromatic nitrogens is 3. The van der Waals surface area contributed by atoms with E-state index >= 15 is 0 Å². The topological polar surface area (TPSA) is 72.4 Å². The van der Waals surface area contributed by atoms with Crippen LogP contribution in [-0.2, 0) is 11.3 Å². The van der Waals surface area contributed by atoms with Crippen molar-refractivity contribution in [1.29, 1.82) is 0 Å². The van der Waals surface area contributed by atoms with Gasteiger partial charge in [-0.25, -0.2) is 15.0 Å². The Bertz CT molecular complexity index is 751. The third-order valence-corrected chi connectivity index (χ3v) is 5.08. The molecule has 0 radical (unpaired) electrons. The van der Waals surface area contributed by atoms with Gasteiger partial charge in [0, 0.05) is 44.4 Å². The number of rotatable bonds is 6. The van der Waals surface area contributed by atoms with Crippen molar-refractivity contribution in [1.82, 2.24) is 15.0 Å². The Morgan fingerprint density at radius 1 is 1.26 bits per heavy atom. The molecule has 2 aliphatic heterocycles. The van der Waals surface area contributed by atoms with E-state index in [-0.39, 0.29) is 6.10 Å². The Balaban J connectivity index is 1.36. The standard InChI is InChI=1S/C20H27N5O2/c1-15-3-2-7-25(12-15)19-10-18(23-14-24-19)22-11-16-4-6-21-20(9-16)27-17-5-8-26-13-17/h4,6,9-10,14-15,17H,2-3,5,7-8,11-13H2,1H3,(H,22,23,24). The van der Waals surface area contributed by atoms with Crippen LogP contribution in [0.15, 0.2) is 30.7 Å². The number of hydrogen-bond donors (Lipinski definition) is 1. The zero-order valence-electron chi connectivity index (χ0n) is 15.8. The molecular weight excluding hydrogens is 342 g/mol. The average Bonchev–Trinajstić information content (AvgIpc) is 3.20. The highest BCUT2D eigenvalue weighted by Crippen LogP contribution is 2.22. The van der Waals surface area contributed by atoms with Gasteiger partial charge in [-0.2, -0.15) is 0 Å². The second-order valence-corrected chi connectivity index (χ2v) is 7.41. The van der Waals surface area contributed by atoms with Gasteiger partial charge < -0.3 is 19.7 Å². The summed E-state index contributed by atoms with van der Waals surface area (Å²) in [5, 5.41) is 3.39. The molecule has 2 unspecified atom stereocenters. The summed E-state index contributed by atoms with van der Waals surface area (Å²) in [5.41, 5.74) is 1.10. The summed E-state index contributed by atoms with van der Waals surface area (Å²) in [6, 6.07) is 5.99. The van der Waals surface area contributed by atoms with Crippen LogP contribution in [-0.4, -0.2) is 47.4 Å². The van der Waals surface area contributed by atoms with Gasteiger partial charge in [-0.05, 0) is 30.4 Å². The molecule has 4 heterocycles. The van der Waals surface area contributed by atoms with Gasteiger partial charge in [-0.15, -0.1) is 0 Å². The summed E-state index contributed by atoms with van der Waals surface area (Å²) in [6.07, 6.45) is 6.97. The van der Waals surface area contributed by atoms with Crippen LogP contribution in [0.5, 0.6) is 5.88 Å². The molecule has 0 aliphatic carbocycles. The van der Waals surface area contributed by atoms with Gasteiger partial charge in [-0.1, -0.05) is 6.92 Å². The number of pyridine rings is 1. The number of anilines is 2. The maximum Gasteiger partial charge on any atom is 0.213 e. The van der Waals surface area contributed by atoms with E-state index in [0.717, 1.165) is 43.3 Å². The maximum atomic E-state index is 5.88. The first-order valence-electron chi connectivity index (χ1n) is 9.76. The third kappa shape index (κ3) is 4.86. The van der Waals surface area contributed by atoms with Crippen molar-refractivity contribution in [2.75, 3.05) is 36.5 Å². The van der Waals surface area contributed by atoms with Crippen LogP contribution in [0.3, 0.4) is 0 Å². The van der Waals surface area contributed by atoms with E-state index in [2.05, 4.69) is 32.1 Å². The molecule has 2 fully saturated rings. The average molecular weight is 369 g/mol. The summed E-state index contributed by atoms with van der Waals surface area (Å²) in [4.78, 5) is 15.5. The first-order chi connectivity index (χ1) is 13.3. The van der Waals surface area contributed by atoms with E-state index in [9.17, 15) is 0 Å². The smallest absolute Gasteiger partial charge is 0.213 e.